The molecule has 0 atom stereocenters. The molecule has 2 aromatic rings. The molecule has 0 radical (unpaired) electrons. The molecule has 1 N–H and O–H groups in total. The zero-order valence-electron chi connectivity index (χ0n) is 10.2. The molecule has 0 fully saturated rings. The molecule has 0 aliphatic heterocycles. The Hall–Kier alpha value is -1.77. The summed E-state index contributed by atoms with van der Waals surface area (Å²) < 4.78 is 5.05. The van der Waals surface area contributed by atoms with Crippen LogP contribution >= 0.6 is 0 Å². The summed E-state index contributed by atoms with van der Waals surface area (Å²) >= 11 is 0. The number of carboxylic acid groups (broad SMARTS) is 1. The average molecular weight is 222 g/mol. The third-order valence-corrected chi connectivity index (χ3v) is 1.73. The molecule has 16 heavy (non-hydrogen) atoms. The molecule has 1 aromatic heterocycles. The highest BCUT2D eigenvalue weighted by atomic mass is 16.4. The van der Waals surface area contributed by atoms with Gasteiger partial charge in [-0.3, -0.25) is 0 Å². The first-order chi connectivity index (χ1) is 7.79. The molecule has 3 nitrogen and oxygen atoms in total. The highest BCUT2D eigenvalue weighted by Gasteiger charge is 2.08. The number of fused-ring (bicyclic) bond motifs is 1. The summed E-state index contributed by atoms with van der Waals surface area (Å²) in [5.74, 6) is -0.929. The Kier molecular flexibility index (Phi) is 6.68. The SMILES string of the molecule is CC.CC.O=C(O)c1cccc2occc12. The monoisotopic (exact) mass is 222 g/mol. The number of carbonyl (C=O) groups is 1. The maximum absolute atomic E-state index is 10.7. The van der Waals surface area contributed by atoms with Crippen LogP contribution in [0.15, 0.2) is 34.9 Å². The standard InChI is InChI=1S/C9H6O3.2C2H6/c10-9(11)7-2-1-3-8-6(7)4-5-12-8;2*1-2/h1-5H,(H,10,11);2*1-2H3. The predicted molar refractivity (Wildman–Crippen MR) is 65.9 cm³/mol. The fourth-order valence-electron chi connectivity index (χ4n) is 1.18. The number of benzene rings is 1. The van der Waals surface area contributed by atoms with E-state index in [1.54, 1.807) is 24.3 Å². The van der Waals surface area contributed by atoms with Crippen LogP contribution < -0.4 is 0 Å². The average Bonchev–Trinajstić information content (AvgIpc) is 2.81. The van der Waals surface area contributed by atoms with Gasteiger partial charge in [-0.2, -0.15) is 0 Å². The number of aromatic carboxylic acids is 1. The van der Waals surface area contributed by atoms with Crippen molar-refractivity contribution in [1.82, 2.24) is 0 Å². The van der Waals surface area contributed by atoms with Crippen molar-refractivity contribution >= 4 is 16.9 Å². The first-order valence-electron chi connectivity index (χ1n) is 5.48. The molecule has 0 aliphatic carbocycles. The second-order valence-electron chi connectivity index (χ2n) is 2.44. The lowest BCUT2D eigenvalue weighted by atomic mass is 10.1. The lowest BCUT2D eigenvalue weighted by Crippen LogP contribution is -1.95. The van der Waals surface area contributed by atoms with E-state index in [1.165, 1.54) is 6.26 Å². The third kappa shape index (κ3) is 3.12. The fourth-order valence-corrected chi connectivity index (χ4v) is 1.18. The van der Waals surface area contributed by atoms with Crippen molar-refractivity contribution in [3.05, 3.63) is 36.1 Å². The molecule has 1 aromatic carbocycles. The molecule has 0 unspecified atom stereocenters. The maximum atomic E-state index is 10.7. The molecule has 3 heteroatoms. The number of carboxylic acids is 1. The molecule has 88 valence electrons. The van der Waals surface area contributed by atoms with Crippen LogP contribution in [-0.2, 0) is 0 Å². The Bertz CT molecular complexity index is 429. The lowest BCUT2D eigenvalue weighted by molar-refractivity contribution is 0.0699. The van der Waals surface area contributed by atoms with Gasteiger partial charge in [0, 0.05) is 5.39 Å². The topological polar surface area (TPSA) is 50.4 Å². The summed E-state index contributed by atoms with van der Waals surface area (Å²) in [7, 11) is 0. The zero-order valence-corrected chi connectivity index (χ0v) is 10.2. The summed E-state index contributed by atoms with van der Waals surface area (Å²) in [6, 6.07) is 6.61. The van der Waals surface area contributed by atoms with Crippen LogP contribution in [0.5, 0.6) is 0 Å². The van der Waals surface area contributed by atoms with Crippen molar-refractivity contribution in [2.24, 2.45) is 0 Å². The van der Waals surface area contributed by atoms with Crippen LogP contribution in [0.1, 0.15) is 38.1 Å². The summed E-state index contributed by atoms with van der Waals surface area (Å²) in [6.07, 6.45) is 1.48. The van der Waals surface area contributed by atoms with Gasteiger partial charge in [0.1, 0.15) is 5.58 Å². The van der Waals surface area contributed by atoms with Gasteiger partial charge in [-0.15, -0.1) is 0 Å². The molecular weight excluding hydrogens is 204 g/mol. The number of furan rings is 1. The third-order valence-electron chi connectivity index (χ3n) is 1.73. The number of hydrogen-bond donors (Lipinski definition) is 1. The maximum Gasteiger partial charge on any atom is 0.336 e. The van der Waals surface area contributed by atoms with Crippen molar-refractivity contribution in [2.75, 3.05) is 0 Å². The highest BCUT2D eigenvalue weighted by molar-refractivity contribution is 6.02. The normalized spacial score (nSPS) is 8.50. The molecule has 0 saturated heterocycles. The van der Waals surface area contributed by atoms with Gasteiger partial charge >= 0.3 is 5.97 Å². The van der Waals surface area contributed by atoms with Gasteiger partial charge in [0.15, 0.2) is 0 Å². The van der Waals surface area contributed by atoms with Gasteiger partial charge in [0.2, 0.25) is 0 Å². The van der Waals surface area contributed by atoms with Gasteiger partial charge in [-0.25, -0.2) is 4.79 Å². The van der Waals surface area contributed by atoms with Gasteiger partial charge < -0.3 is 9.52 Å². The Morgan fingerprint density at radius 1 is 1.12 bits per heavy atom. The smallest absolute Gasteiger partial charge is 0.336 e. The minimum Gasteiger partial charge on any atom is -0.478 e. The zero-order chi connectivity index (χ0) is 12.6. The lowest BCUT2D eigenvalue weighted by Gasteiger charge is -1.93. The largest absolute Gasteiger partial charge is 0.478 e. The van der Waals surface area contributed by atoms with E-state index in [2.05, 4.69) is 0 Å². The first-order valence-corrected chi connectivity index (χ1v) is 5.48. The van der Waals surface area contributed by atoms with Crippen LogP contribution in [-0.4, -0.2) is 11.1 Å². The van der Waals surface area contributed by atoms with E-state index < -0.39 is 5.97 Å². The van der Waals surface area contributed by atoms with E-state index in [9.17, 15) is 4.79 Å². The minimum absolute atomic E-state index is 0.279. The summed E-state index contributed by atoms with van der Waals surface area (Å²) in [6.45, 7) is 8.00. The minimum atomic E-state index is -0.929. The second-order valence-corrected chi connectivity index (χ2v) is 2.44. The molecule has 0 amide bonds. The van der Waals surface area contributed by atoms with E-state index in [0.717, 1.165) is 0 Å². The van der Waals surface area contributed by atoms with Gasteiger partial charge in [0.25, 0.3) is 0 Å². The van der Waals surface area contributed by atoms with Crippen LogP contribution in [0.25, 0.3) is 11.0 Å². The Morgan fingerprint density at radius 2 is 1.75 bits per heavy atom. The summed E-state index contributed by atoms with van der Waals surface area (Å²) in [5, 5.41) is 9.40. The van der Waals surface area contributed by atoms with E-state index in [-0.39, 0.29) is 5.56 Å². The molecule has 2 rings (SSSR count). The van der Waals surface area contributed by atoms with Crippen molar-refractivity contribution in [1.29, 1.82) is 0 Å². The second kappa shape index (κ2) is 7.51. The van der Waals surface area contributed by atoms with Gasteiger partial charge in [-0.05, 0) is 18.2 Å². The van der Waals surface area contributed by atoms with Crippen LogP contribution in [0, 0.1) is 0 Å². The van der Waals surface area contributed by atoms with Crippen molar-refractivity contribution < 1.29 is 14.3 Å². The highest BCUT2D eigenvalue weighted by Crippen LogP contribution is 2.19. The van der Waals surface area contributed by atoms with E-state index in [0.29, 0.717) is 11.0 Å². The quantitative estimate of drug-likeness (QED) is 0.787. The van der Waals surface area contributed by atoms with Crippen LogP contribution in [0.2, 0.25) is 0 Å². The van der Waals surface area contributed by atoms with Crippen LogP contribution in [0.3, 0.4) is 0 Å². The van der Waals surface area contributed by atoms with E-state index in [1.807, 2.05) is 27.7 Å². The first kappa shape index (κ1) is 14.2. The summed E-state index contributed by atoms with van der Waals surface area (Å²) in [4.78, 5) is 10.7. The fraction of sp³-hybridized carbons (Fsp3) is 0.308. The molecule has 0 aliphatic rings. The number of rotatable bonds is 1. The van der Waals surface area contributed by atoms with Crippen LogP contribution in [0.4, 0.5) is 0 Å². The Labute approximate surface area is 95.7 Å². The Balaban J connectivity index is 0.000000509. The molecule has 0 spiro atoms. The summed E-state index contributed by atoms with van der Waals surface area (Å²) in [5.41, 5.74) is 0.885. The van der Waals surface area contributed by atoms with Gasteiger partial charge in [0.05, 0.1) is 11.8 Å². The molecule has 0 bridgehead atoms. The molecular formula is C13H18O3. The van der Waals surface area contributed by atoms with E-state index in [4.69, 9.17) is 9.52 Å². The predicted octanol–water partition coefficient (Wildman–Crippen LogP) is 4.18. The van der Waals surface area contributed by atoms with Crippen molar-refractivity contribution in [3.63, 3.8) is 0 Å². The van der Waals surface area contributed by atoms with Crippen molar-refractivity contribution in [3.8, 4) is 0 Å². The Morgan fingerprint density at radius 3 is 2.31 bits per heavy atom. The number of hydrogen-bond acceptors (Lipinski definition) is 2. The van der Waals surface area contributed by atoms with E-state index >= 15 is 0 Å². The molecule has 0 saturated carbocycles. The van der Waals surface area contributed by atoms with Gasteiger partial charge in [-0.1, -0.05) is 33.8 Å². The molecule has 1 heterocycles. The van der Waals surface area contributed by atoms with Crippen molar-refractivity contribution in [2.45, 2.75) is 27.7 Å².